The Bertz CT molecular complexity index is 185. The molecule has 0 saturated heterocycles. The van der Waals surface area contributed by atoms with Crippen LogP contribution in [0.4, 0.5) is 0 Å². The third-order valence-corrected chi connectivity index (χ3v) is 3.38. The molecule has 0 amide bonds. The zero-order valence-electron chi connectivity index (χ0n) is 8.34. The first kappa shape index (κ1) is 9.26. The fourth-order valence-electron chi connectivity index (χ4n) is 2.36. The number of rotatable bonds is 3. The van der Waals surface area contributed by atoms with Crippen molar-refractivity contribution in [2.45, 2.75) is 44.9 Å². The molecule has 1 N–H and O–H groups in total. The van der Waals surface area contributed by atoms with Gasteiger partial charge in [-0.2, -0.15) is 0 Å². The fourth-order valence-corrected chi connectivity index (χ4v) is 2.36. The Labute approximate surface area is 80.8 Å². The lowest BCUT2D eigenvalue weighted by atomic mass is 9.83. The van der Waals surface area contributed by atoms with Crippen molar-refractivity contribution in [2.24, 2.45) is 11.8 Å². The van der Waals surface area contributed by atoms with Crippen LogP contribution in [-0.4, -0.2) is 11.7 Å². The van der Waals surface area contributed by atoms with Crippen LogP contribution in [0.15, 0.2) is 11.6 Å². The smallest absolute Gasteiger partial charge is 0.0644 e. The topological polar surface area (TPSA) is 20.2 Å². The van der Waals surface area contributed by atoms with Gasteiger partial charge in [0.15, 0.2) is 0 Å². The van der Waals surface area contributed by atoms with Crippen LogP contribution in [0.3, 0.4) is 0 Å². The Morgan fingerprint density at radius 1 is 1.08 bits per heavy atom. The van der Waals surface area contributed by atoms with Crippen LogP contribution in [0.25, 0.3) is 0 Å². The van der Waals surface area contributed by atoms with Crippen LogP contribution in [0.2, 0.25) is 0 Å². The summed E-state index contributed by atoms with van der Waals surface area (Å²) in [5, 5.41) is 9.29. The zero-order chi connectivity index (χ0) is 9.10. The summed E-state index contributed by atoms with van der Waals surface area (Å²) < 4.78 is 0. The summed E-state index contributed by atoms with van der Waals surface area (Å²) in [4.78, 5) is 0. The highest BCUT2D eigenvalue weighted by atomic mass is 16.3. The molecule has 0 aromatic heterocycles. The first-order valence-electron chi connectivity index (χ1n) is 5.71. The van der Waals surface area contributed by atoms with E-state index in [0.29, 0.717) is 6.61 Å². The van der Waals surface area contributed by atoms with Gasteiger partial charge < -0.3 is 5.11 Å². The van der Waals surface area contributed by atoms with Gasteiger partial charge in [0.05, 0.1) is 6.61 Å². The van der Waals surface area contributed by atoms with Crippen LogP contribution >= 0.6 is 0 Å². The second kappa shape index (κ2) is 4.28. The van der Waals surface area contributed by atoms with Gasteiger partial charge >= 0.3 is 0 Å². The predicted molar refractivity (Wildman–Crippen MR) is 54.5 cm³/mol. The van der Waals surface area contributed by atoms with Crippen LogP contribution in [0, 0.1) is 11.8 Å². The van der Waals surface area contributed by atoms with Crippen LogP contribution in [-0.2, 0) is 0 Å². The van der Waals surface area contributed by atoms with Crippen molar-refractivity contribution >= 4 is 0 Å². The SMILES string of the molecule is OCC(=CC1CC1)C1CCCCC1. The van der Waals surface area contributed by atoms with Crippen molar-refractivity contribution in [3.05, 3.63) is 11.6 Å². The number of hydrogen-bond acceptors (Lipinski definition) is 1. The van der Waals surface area contributed by atoms with Crippen molar-refractivity contribution in [1.29, 1.82) is 0 Å². The van der Waals surface area contributed by atoms with E-state index in [0.717, 1.165) is 11.8 Å². The van der Waals surface area contributed by atoms with Crippen LogP contribution in [0.1, 0.15) is 44.9 Å². The van der Waals surface area contributed by atoms with E-state index < -0.39 is 0 Å². The number of aliphatic hydroxyl groups excluding tert-OH is 1. The van der Waals surface area contributed by atoms with Crippen molar-refractivity contribution in [3.63, 3.8) is 0 Å². The number of allylic oxidation sites excluding steroid dienone is 1. The summed E-state index contributed by atoms with van der Waals surface area (Å²) in [5.74, 6) is 1.54. The minimum Gasteiger partial charge on any atom is -0.392 e. The molecule has 2 saturated carbocycles. The number of hydrogen-bond donors (Lipinski definition) is 1. The van der Waals surface area contributed by atoms with Crippen LogP contribution < -0.4 is 0 Å². The molecular weight excluding hydrogens is 160 g/mol. The van der Waals surface area contributed by atoms with E-state index >= 15 is 0 Å². The Kier molecular flexibility index (Phi) is 3.05. The van der Waals surface area contributed by atoms with Gasteiger partial charge in [0, 0.05) is 0 Å². The van der Waals surface area contributed by atoms with Crippen molar-refractivity contribution < 1.29 is 5.11 Å². The average Bonchev–Trinajstić information content (AvgIpc) is 2.99. The van der Waals surface area contributed by atoms with Gasteiger partial charge in [-0.1, -0.05) is 25.3 Å². The Balaban J connectivity index is 1.93. The average molecular weight is 180 g/mol. The van der Waals surface area contributed by atoms with Gasteiger partial charge in [0.2, 0.25) is 0 Å². The van der Waals surface area contributed by atoms with E-state index in [1.165, 1.54) is 50.5 Å². The molecule has 0 aromatic carbocycles. The van der Waals surface area contributed by atoms with Crippen molar-refractivity contribution in [3.8, 4) is 0 Å². The summed E-state index contributed by atoms with van der Waals surface area (Å²) in [5.41, 5.74) is 1.35. The summed E-state index contributed by atoms with van der Waals surface area (Å²) in [6.07, 6.45) is 11.8. The van der Waals surface area contributed by atoms with Gasteiger partial charge in [-0.25, -0.2) is 0 Å². The van der Waals surface area contributed by atoms with E-state index in [2.05, 4.69) is 6.08 Å². The Hall–Kier alpha value is -0.300. The summed E-state index contributed by atoms with van der Waals surface area (Å²) in [6.45, 7) is 0.307. The molecule has 1 nitrogen and oxygen atoms in total. The lowest BCUT2D eigenvalue weighted by molar-refractivity contribution is 0.292. The molecule has 2 fully saturated rings. The molecule has 0 aliphatic heterocycles. The summed E-state index contributed by atoms with van der Waals surface area (Å²) in [7, 11) is 0. The largest absolute Gasteiger partial charge is 0.392 e. The monoisotopic (exact) mass is 180 g/mol. The molecule has 2 aliphatic rings. The lowest BCUT2D eigenvalue weighted by Gasteiger charge is -2.23. The van der Waals surface area contributed by atoms with Gasteiger partial charge in [-0.05, 0) is 43.1 Å². The molecule has 0 unspecified atom stereocenters. The molecule has 13 heavy (non-hydrogen) atoms. The lowest BCUT2D eigenvalue weighted by Crippen LogP contribution is -2.12. The highest BCUT2D eigenvalue weighted by molar-refractivity contribution is 5.12. The molecular formula is C12H20O. The quantitative estimate of drug-likeness (QED) is 0.662. The Morgan fingerprint density at radius 3 is 2.31 bits per heavy atom. The highest BCUT2D eigenvalue weighted by Crippen LogP contribution is 2.36. The standard InChI is InChI=1S/C12H20O/c13-9-12(8-10-6-7-10)11-4-2-1-3-5-11/h8,10-11,13H,1-7,9H2. The molecule has 2 rings (SSSR count). The van der Waals surface area contributed by atoms with E-state index in [4.69, 9.17) is 0 Å². The molecule has 0 heterocycles. The molecule has 0 bridgehead atoms. The summed E-state index contributed by atoms with van der Waals surface area (Å²) in [6, 6.07) is 0. The van der Waals surface area contributed by atoms with E-state index in [1.807, 2.05) is 0 Å². The first-order valence-corrected chi connectivity index (χ1v) is 5.71. The first-order chi connectivity index (χ1) is 6.40. The van der Waals surface area contributed by atoms with E-state index in [9.17, 15) is 5.11 Å². The maximum atomic E-state index is 9.29. The van der Waals surface area contributed by atoms with Gasteiger partial charge in [0.1, 0.15) is 0 Å². The number of aliphatic hydroxyl groups is 1. The van der Waals surface area contributed by atoms with Crippen LogP contribution in [0.5, 0.6) is 0 Å². The van der Waals surface area contributed by atoms with Gasteiger partial charge in [0.25, 0.3) is 0 Å². The second-order valence-electron chi connectivity index (χ2n) is 4.57. The second-order valence-corrected chi connectivity index (χ2v) is 4.57. The van der Waals surface area contributed by atoms with E-state index in [1.54, 1.807) is 0 Å². The van der Waals surface area contributed by atoms with Gasteiger partial charge in [-0.15, -0.1) is 0 Å². The minimum atomic E-state index is 0.307. The van der Waals surface area contributed by atoms with Crippen molar-refractivity contribution in [2.75, 3.05) is 6.61 Å². The fraction of sp³-hybridized carbons (Fsp3) is 0.833. The molecule has 74 valence electrons. The molecule has 0 atom stereocenters. The highest BCUT2D eigenvalue weighted by Gasteiger charge is 2.23. The molecule has 0 aromatic rings. The zero-order valence-corrected chi connectivity index (χ0v) is 8.34. The third kappa shape index (κ3) is 2.57. The molecule has 1 heteroatoms. The van der Waals surface area contributed by atoms with Gasteiger partial charge in [-0.3, -0.25) is 0 Å². The van der Waals surface area contributed by atoms with Crippen molar-refractivity contribution in [1.82, 2.24) is 0 Å². The predicted octanol–water partition coefficient (Wildman–Crippen LogP) is 2.90. The normalized spacial score (nSPS) is 26.4. The minimum absolute atomic E-state index is 0.307. The van der Waals surface area contributed by atoms with E-state index in [-0.39, 0.29) is 0 Å². The summed E-state index contributed by atoms with van der Waals surface area (Å²) >= 11 is 0. The maximum Gasteiger partial charge on any atom is 0.0644 e. The third-order valence-electron chi connectivity index (χ3n) is 3.38. The maximum absolute atomic E-state index is 9.29. The molecule has 0 spiro atoms. The molecule has 0 radical (unpaired) electrons. The Morgan fingerprint density at radius 2 is 1.77 bits per heavy atom. The molecule has 2 aliphatic carbocycles.